The van der Waals surface area contributed by atoms with E-state index in [0.717, 1.165) is 55.3 Å². The summed E-state index contributed by atoms with van der Waals surface area (Å²) in [5.41, 5.74) is 15.0. The van der Waals surface area contributed by atoms with Gasteiger partial charge in [0.2, 0.25) is 0 Å². The molecule has 1 spiro atoms. The van der Waals surface area contributed by atoms with Gasteiger partial charge >= 0.3 is 0 Å². The predicted molar refractivity (Wildman–Crippen MR) is 246 cm³/mol. The van der Waals surface area contributed by atoms with Gasteiger partial charge in [0.15, 0.2) is 23.1 Å². The van der Waals surface area contributed by atoms with Crippen molar-refractivity contribution < 1.29 is 4.42 Å². The standard InChI is InChI=1S/C56H32N4O/c1-3-15-34(16-4-1)53-57-54(35-17-5-2-6-18-35)59-55(58-53)39-30-32-46(52-49(39)38-22-9-12-28-47(38)61-52)60-44-27-14-26-43-50(44)51-45(60)31-29-33-19-13-25-42(48(33)51)56(43)40-23-10-7-20-36(40)37-21-8-11-24-41(37)56/h1-32H. The maximum Gasteiger partial charge on any atom is 0.164 e. The first-order chi connectivity index (χ1) is 30.3. The highest BCUT2D eigenvalue weighted by molar-refractivity contribution is 6.27. The molecule has 0 atom stereocenters. The van der Waals surface area contributed by atoms with Crippen LogP contribution in [-0.2, 0) is 5.41 Å². The second kappa shape index (κ2) is 12.0. The Kier molecular flexibility index (Phi) is 6.43. The summed E-state index contributed by atoms with van der Waals surface area (Å²) in [6.45, 7) is 0. The molecule has 2 aliphatic carbocycles. The molecular weight excluding hydrogens is 745 g/mol. The first kappa shape index (κ1) is 32.8. The molecule has 0 fully saturated rings. The zero-order valence-corrected chi connectivity index (χ0v) is 32.7. The molecule has 0 bridgehead atoms. The van der Waals surface area contributed by atoms with Crippen molar-refractivity contribution in [1.29, 1.82) is 0 Å². The Bertz CT molecular complexity index is 3720. The van der Waals surface area contributed by atoms with Gasteiger partial charge in [-0.3, -0.25) is 0 Å². The minimum absolute atomic E-state index is 0.482. The summed E-state index contributed by atoms with van der Waals surface area (Å²) in [6, 6.07) is 69.4. The number of nitrogens with zero attached hydrogens (tertiary/aromatic N) is 4. The highest BCUT2D eigenvalue weighted by atomic mass is 16.3. The van der Waals surface area contributed by atoms with E-state index in [9.17, 15) is 0 Å². The largest absolute Gasteiger partial charge is 0.454 e. The van der Waals surface area contributed by atoms with Gasteiger partial charge in [-0.05, 0) is 74.5 Å². The lowest BCUT2D eigenvalue weighted by molar-refractivity contribution is 0.666. The smallest absolute Gasteiger partial charge is 0.164 e. The average Bonchev–Trinajstić information content (AvgIpc) is 3.99. The van der Waals surface area contributed by atoms with Crippen LogP contribution in [0.3, 0.4) is 0 Å². The molecule has 12 aromatic rings. The molecule has 282 valence electrons. The van der Waals surface area contributed by atoms with E-state index in [1.54, 1.807) is 0 Å². The molecule has 0 saturated heterocycles. The van der Waals surface area contributed by atoms with Gasteiger partial charge in [0.05, 0.1) is 22.1 Å². The Balaban J connectivity index is 1.09. The molecule has 14 rings (SSSR count). The van der Waals surface area contributed by atoms with Crippen molar-refractivity contribution in [2.75, 3.05) is 0 Å². The lowest BCUT2D eigenvalue weighted by Gasteiger charge is -2.37. The van der Waals surface area contributed by atoms with E-state index in [1.165, 1.54) is 54.9 Å². The van der Waals surface area contributed by atoms with Crippen molar-refractivity contribution in [2.24, 2.45) is 0 Å². The molecule has 0 aliphatic heterocycles. The number of para-hydroxylation sites is 1. The van der Waals surface area contributed by atoms with Gasteiger partial charge in [0.25, 0.3) is 0 Å². The van der Waals surface area contributed by atoms with Crippen LogP contribution in [0.2, 0.25) is 0 Å². The summed E-state index contributed by atoms with van der Waals surface area (Å²) in [4.78, 5) is 15.4. The predicted octanol–water partition coefficient (Wildman–Crippen LogP) is 13.7. The minimum atomic E-state index is -0.482. The summed E-state index contributed by atoms with van der Waals surface area (Å²) in [5.74, 6) is 1.83. The van der Waals surface area contributed by atoms with E-state index >= 15 is 0 Å². The minimum Gasteiger partial charge on any atom is -0.454 e. The Labute approximate surface area is 349 Å². The fourth-order valence-electron chi connectivity index (χ4n) is 10.9. The van der Waals surface area contributed by atoms with E-state index in [-0.39, 0.29) is 0 Å². The molecule has 0 radical (unpaired) electrons. The van der Waals surface area contributed by atoms with Gasteiger partial charge in [0, 0.05) is 38.2 Å². The average molecular weight is 777 g/mol. The van der Waals surface area contributed by atoms with Gasteiger partial charge < -0.3 is 8.98 Å². The number of hydrogen-bond donors (Lipinski definition) is 0. The molecule has 61 heavy (non-hydrogen) atoms. The Hall–Kier alpha value is -8.15. The highest BCUT2D eigenvalue weighted by Crippen LogP contribution is 2.62. The van der Waals surface area contributed by atoms with Gasteiger partial charge in [-0.1, -0.05) is 164 Å². The second-order valence-electron chi connectivity index (χ2n) is 16.2. The highest BCUT2D eigenvalue weighted by Gasteiger charge is 2.50. The van der Waals surface area contributed by atoms with Gasteiger partial charge in [-0.2, -0.15) is 0 Å². The third-order valence-corrected chi connectivity index (χ3v) is 13.2. The van der Waals surface area contributed by atoms with Crippen LogP contribution in [0.25, 0.3) is 105 Å². The molecule has 3 heterocycles. The third-order valence-electron chi connectivity index (χ3n) is 13.2. The van der Waals surface area contributed by atoms with Crippen molar-refractivity contribution >= 4 is 54.5 Å². The third kappa shape index (κ3) is 4.21. The first-order valence-corrected chi connectivity index (χ1v) is 20.8. The van der Waals surface area contributed by atoms with Crippen LogP contribution in [0.5, 0.6) is 0 Å². The van der Waals surface area contributed by atoms with Crippen LogP contribution in [-0.4, -0.2) is 19.5 Å². The molecule has 0 unspecified atom stereocenters. The van der Waals surface area contributed by atoms with Crippen molar-refractivity contribution in [3.8, 4) is 51.0 Å². The number of aromatic nitrogens is 4. The number of benzene rings is 9. The molecule has 5 heteroatoms. The van der Waals surface area contributed by atoms with E-state index in [0.29, 0.717) is 17.5 Å². The lowest BCUT2D eigenvalue weighted by atomic mass is 9.63. The van der Waals surface area contributed by atoms with Crippen LogP contribution >= 0.6 is 0 Å². The summed E-state index contributed by atoms with van der Waals surface area (Å²) < 4.78 is 9.46. The molecule has 3 aromatic heterocycles. The maximum absolute atomic E-state index is 7.02. The monoisotopic (exact) mass is 776 g/mol. The first-order valence-electron chi connectivity index (χ1n) is 20.8. The van der Waals surface area contributed by atoms with Crippen molar-refractivity contribution in [1.82, 2.24) is 19.5 Å². The van der Waals surface area contributed by atoms with E-state index < -0.39 is 5.41 Å². The summed E-state index contributed by atoms with van der Waals surface area (Å²) in [5, 5.41) is 7.07. The molecule has 5 nitrogen and oxygen atoms in total. The fourth-order valence-corrected chi connectivity index (χ4v) is 10.9. The Morgan fingerprint density at radius 2 is 0.951 bits per heavy atom. The van der Waals surface area contributed by atoms with Crippen molar-refractivity contribution in [3.05, 3.63) is 216 Å². The summed E-state index contributed by atoms with van der Waals surface area (Å²) >= 11 is 0. The maximum atomic E-state index is 7.02. The number of rotatable bonds is 4. The zero-order valence-electron chi connectivity index (χ0n) is 32.7. The second-order valence-corrected chi connectivity index (χ2v) is 16.2. The van der Waals surface area contributed by atoms with E-state index in [4.69, 9.17) is 19.4 Å². The SMILES string of the molecule is c1ccc(-c2nc(-c3ccccc3)nc(-c3ccc(-n4c5cccc6c5c5c7c(cccc7ccc54)C64c5ccccc5-c5ccccc54)c4oc5ccccc5c34)n2)cc1. The van der Waals surface area contributed by atoms with Gasteiger partial charge in [-0.25, -0.2) is 15.0 Å². The topological polar surface area (TPSA) is 56.7 Å². The van der Waals surface area contributed by atoms with Crippen molar-refractivity contribution in [3.63, 3.8) is 0 Å². The van der Waals surface area contributed by atoms with Crippen molar-refractivity contribution in [2.45, 2.75) is 5.41 Å². The van der Waals surface area contributed by atoms with Crippen LogP contribution in [0, 0.1) is 0 Å². The molecule has 0 amide bonds. The summed E-state index contributed by atoms with van der Waals surface area (Å²) in [7, 11) is 0. The molecular formula is C56H32N4O. The van der Waals surface area contributed by atoms with Gasteiger partial charge in [0.1, 0.15) is 5.58 Å². The molecule has 0 N–H and O–H groups in total. The van der Waals surface area contributed by atoms with Crippen LogP contribution in [0.15, 0.2) is 199 Å². The normalized spacial score (nSPS) is 13.4. The number of furan rings is 1. The Morgan fingerprint density at radius 3 is 1.67 bits per heavy atom. The lowest BCUT2D eigenvalue weighted by Crippen LogP contribution is -2.30. The zero-order chi connectivity index (χ0) is 39.8. The fraction of sp³-hybridized carbons (Fsp3) is 0.0179. The number of fused-ring (bicyclic) bond motifs is 10. The Morgan fingerprint density at radius 1 is 0.377 bits per heavy atom. The quantitative estimate of drug-likeness (QED) is 0.179. The molecule has 0 saturated carbocycles. The van der Waals surface area contributed by atoms with E-state index in [1.807, 2.05) is 66.7 Å². The summed E-state index contributed by atoms with van der Waals surface area (Å²) in [6.07, 6.45) is 0. The van der Waals surface area contributed by atoms with E-state index in [2.05, 4.69) is 132 Å². The molecule has 9 aromatic carbocycles. The van der Waals surface area contributed by atoms with Gasteiger partial charge in [-0.15, -0.1) is 0 Å². The number of hydrogen-bond acceptors (Lipinski definition) is 4. The van der Waals surface area contributed by atoms with Crippen LogP contribution in [0.4, 0.5) is 0 Å². The molecule has 2 aliphatic rings. The van der Waals surface area contributed by atoms with Crippen LogP contribution < -0.4 is 0 Å². The van der Waals surface area contributed by atoms with Crippen LogP contribution in [0.1, 0.15) is 22.3 Å².